The molecule has 1 saturated carbocycles. The van der Waals surface area contributed by atoms with Crippen molar-refractivity contribution < 1.29 is 13.2 Å². The number of nitrogens with zero attached hydrogens (tertiary/aromatic N) is 2. The summed E-state index contributed by atoms with van der Waals surface area (Å²) >= 11 is 0. The van der Waals surface area contributed by atoms with E-state index in [1.54, 1.807) is 12.4 Å². The number of aromatic nitrogens is 1. The Morgan fingerprint density at radius 2 is 2.14 bits per heavy atom. The number of rotatable bonds is 6. The highest BCUT2D eigenvalue weighted by atomic mass is 32.2. The first-order valence-electron chi connectivity index (χ1n) is 7.73. The second-order valence-corrected chi connectivity index (χ2v) is 8.04. The van der Waals surface area contributed by atoms with E-state index in [1.165, 1.54) is 4.31 Å². The Morgan fingerprint density at radius 1 is 1.36 bits per heavy atom. The van der Waals surface area contributed by atoms with E-state index in [9.17, 15) is 13.2 Å². The Labute approximate surface area is 131 Å². The van der Waals surface area contributed by atoms with Crippen LogP contribution in [0.1, 0.15) is 30.7 Å². The normalized spacial score (nSPS) is 25.1. The maximum absolute atomic E-state index is 12.1. The second-order valence-electron chi connectivity index (χ2n) is 5.95. The largest absolute Gasteiger partial charge is 0.355 e. The zero-order valence-corrected chi connectivity index (χ0v) is 13.3. The maximum Gasteiger partial charge on any atom is 0.223 e. The van der Waals surface area contributed by atoms with Crippen LogP contribution in [0.2, 0.25) is 0 Å². The number of sulfonamides is 1. The number of pyridine rings is 1. The lowest BCUT2D eigenvalue weighted by atomic mass is 10.1. The number of carbonyl (C=O) groups is 1. The molecule has 120 valence electrons. The van der Waals surface area contributed by atoms with Crippen LogP contribution in [0.5, 0.6) is 0 Å². The monoisotopic (exact) mass is 323 g/mol. The molecule has 22 heavy (non-hydrogen) atoms. The maximum atomic E-state index is 12.1. The molecule has 2 atom stereocenters. The quantitative estimate of drug-likeness (QED) is 0.837. The van der Waals surface area contributed by atoms with Gasteiger partial charge in [0.2, 0.25) is 15.9 Å². The third kappa shape index (κ3) is 3.47. The summed E-state index contributed by atoms with van der Waals surface area (Å²) in [6.07, 6.45) is 6.18. The zero-order valence-electron chi connectivity index (χ0n) is 12.4. The van der Waals surface area contributed by atoms with Crippen molar-refractivity contribution in [2.45, 2.75) is 25.2 Å². The highest BCUT2D eigenvalue weighted by Crippen LogP contribution is 2.47. The van der Waals surface area contributed by atoms with Crippen molar-refractivity contribution in [2.75, 3.05) is 25.4 Å². The summed E-state index contributed by atoms with van der Waals surface area (Å²) in [5, 5.41) is 2.76. The summed E-state index contributed by atoms with van der Waals surface area (Å²) in [4.78, 5) is 16.1. The molecular formula is C15H21N3O3S. The lowest BCUT2D eigenvalue weighted by molar-refractivity contribution is -0.122. The second kappa shape index (κ2) is 6.34. The van der Waals surface area contributed by atoms with Crippen LogP contribution in [0, 0.1) is 5.92 Å². The van der Waals surface area contributed by atoms with Crippen LogP contribution in [0.4, 0.5) is 0 Å². The van der Waals surface area contributed by atoms with Gasteiger partial charge in [0.1, 0.15) is 0 Å². The average Bonchev–Trinajstić information content (AvgIpc) is 3.12. The van der Waals surface area contributed by atoms with Gasteiger partial charge in [-0.3, -0.25) is 9.78 Å². The number of amides is 1. The van der Waals surface area contributed by atoms with Crippen LogP contribution in [0.25, 0.3) is 0 Å². The third-order valence-corrected chi connectivity index (χ3v) is 6.23. The molecule has 1 aliphatic carbocycles. The molecule has 2 heterocycles. The minimum absolute atomic E-state index is 0.0109. The summed E-state index contributed by atoms with van der Waals surface area (Å²) in [6.45, 7) is 1.41. The molecule has 7 heteroatoms. The van der Waals surface area contributed by atoms with Crippen molar-refractivity contribution in [3.8, 4) is 0 Å². The van der Waals surface area contributed by atoms with Crippen LogP contribution < -0.4 is 5.32 Å². The standard InChI is InChI=1S/C15H21N3O3S/c19-15(14-10-13(14)12-4-3-5-16-11-12)17-6-9-22(20,21)18-7-1-2-8-18/h3-5,11,13-14H,1-2,6-10H2,(H,17,19)/t13-,14+/m0/s1. The molecule has 0 spiro atoms. The van der Waals surface area contributed by atoms with Gasteiger partial charge in [0.25, 0.3) is 0 Å². The van der Waals surface area contributed by atoms with E-state index in [4.69, 9.17) is 0 Å². The summed E-state index contributed by atoms with van der Waals surface area (Å²) < 4.78 is 25.6. The number of hydrogen-bond acceptors (Lipinski definition) is 4. The van der Waals surface area contributed by atoms with Crippen molar-refractivity contribution in [3.05, 3.63) is 30.1 Å². The minimum atomic E-state index is -3.22. The zero-order chi connectivity index (χ0) is 15.6. The van der Waals surface area contributed by atoms with Crippen LogP contribution in [0.3, 0.4) is 0 Å². The Hall–Kier alpha value is -1.47. The first kappa shape index (κ1) is 15.4. The fourth-order valence-corrected chi connectivity index (χ4v) is 4.41. The number of hydrogen-bond donors (Lipinski definition) is 1. The molecule has 6 nitrogen and oxygen atoms in total. The average molecular weight is 323 g/mol. The molecule has 0 radical (unpaired) electrons. The Morgan fingerprint density at radius 3 is 2.82 bits per heavy atom. The van der Waals surface area contributed by atoms with Crippen LogP contribution >= 0.6 is 0 Å². The molecule has 2 fully saturated rings. The van der Waals surface area contributed by atoms with Crippen LogP contribution in [-0.2, 0) is 14.8 Å². The van der Waals surface area contributed by atoms with E-state index < -0.39 is 10.0 Å². The van der Waals surface area contributed by atoms with Crippen LogP contribution in [0.15, 0.2) is 24.5 Å². The molecule has 0 aromatic carbocycles. The third-order valence-electron chi connectivity index (χ3n) is 4.36. The topological polar surface area (TPSA) is 79.4 Å². The molecule has 0 bridgehead atoms. The summed E-state index contributed by atoms with van der Waals surface area (Å²) in [7, 11) is -3.22. The molecule has 1 saturated heterocycles. The molecular weight excluding hydrogens is 302 g/mol. The van der Waals surface area contributed by atoms with E-state index in [1.807, 2.05) is 12.1 Å². The van der Waals surface area contributed by atoms with E-state index in [0.717, 1.165) is 24.8 Å². The summed E-state index contributed by atoms with van der Waals surface area (Å²) in [5.74, 6) is 0.122. The molecule has 1 aromatic heterocycles. The fraction of sp³-hybridized carbons (Fsp3) is 0.600. The predicted octanol–water partition coefficient (Wildman–Crippen LogP) is 0.727. The van der Waals surface area contributed by atoms with Crippen LogP contribution in [-0.4, -0.2) is 49.0 Å². The van der Waals surface area contributed by atoms with Gasteiger partial charge in [-0.15, -0.1) is 0 Å². The fourth-order valence-electron chi connectivity index (χ4n) is 2.98. The molecule has 1 amide bonds. The Balaban J connectivity index is 1.44. The predicted molar refractivity (Wildman–Crippen MR) is 82.7 cm³/mol. The van der Waals surface area contributed by atoms with Crippen molar-refractivity contribution in [2.24, 2.45) is 5.92 Å². The molecule has 1 aliphatic heterocycles. The van der Waals surface area contributed by atoms with Gasteiger partial charge in [-0.25, -0.2) is 12.7 Å². The molecule has 1 N–H and O–H groups in total. The highest BCUT2D eigenvalue weighted by Gasteiger charge is 2.43. The first-order chi connectivity index (χ1) is 10.6. The number of nitrogens with one attached hydrogen (secondary N) is 1. The van der Waals surface area contributed by atoms with Crippen molar-refractivity contribution in [3.63, 3.8) is 0 Å². The smallest absolute Gasteiger partial charge is 0.223 e. The van der Waals surface area contributed by atoms with Gasteiger partial charge in [0.15, 0.2) is 0 Å². The highest BCUT2D eigenvalue weighted by molar-refractivity contribution is 7.89. The van der Waals surface area contributed by atoms with E-state index >= 15 is 0 Å². The molecule has 2 aliphatic rings. The summed E-state index contributed by atoms with van der Waals surface area (Å²) in [5.41, 5.74) is 1.08. The van der Waals surface area contributed by atoms with Gasteiger partial charge < -0.3 is 5.32 Å². The van der Waals surface area contributed by atoms with Gasteiger partial charge in [-0.2, -0.15) is 0 Å². The lowest BCUT2D eigenvalue weighted by Gasteiger charge is -2.15. The Kier molecular flexibility index (Phi) is 4.44. The lowest BCUT2D eigenvalue weighted by Crippen LogP contribution is -2.36. The minimum Gasteiger partial charge on any atom is -0.355 e. The SMILES string of the molecule is O=C(NCCS(=O)(=O)N1CCCC1)[C@@H]1C[C@H]1c1cccnc1. The van der Waals surface area contributed by atoms with Gasteiger partial charge in [-0.1, -0.05) is 6.07 Å². The van der Waals surface area contributed by atoms with Gasteiger partial charge in [0.05, 0.1) is 5.75 Å². The summed E-state index contributed by atoms with van der Waals surface area (Å²) in [6, 6.07) is 3.84. The first-order valence-corrected chi connectivity index (χ1v) is 9.34. The molecule has 0 unspecified atom stereocenters. The van der Waals surface area contributed by atoms with Gasteiger partial charge in [-0.05, 0) is 36.8 Å². The van der Waals surface area contributed by atoms with Crippen molar-refractivity contribution in [1.29, 1.82) is 0 Å². The van der Waals surface area contributed by atoms with E-state index in [2.05, 4.69) is 10.3 Å². The molecule has 1 aromatic rings. The number of carbonyl (C=O) groups excluding carboxylic acids is 1. The molecule has 3 rings (SSSR count). The van der Waals surface area contributed by atoms with E-state index in [-0.39, 0.29) is 30.0 Å². The van der Waals surface area contributed by atoms with Gasteiger partial charge in [0, 0.05) is 37.9 Å². The van der Waals surface area contributed by atoms with Gasteiger partial charge >= 0.3 is 0 Å². The van der Waals surface area contributed by atoms with Crippen molar-refractivity contribution >= 4 is 15.9 Å². The van der Waals surface area contributed by atoms with E-state index in [0.29, 0.717) is 13.1 Å². The van der Waals surface area contributed by atoms with Crippen molar-refractivity contribution in [1.82, 2.24) is 14.6 Å². The Bertz CT molecular complexity index is 627.